The molecule has 5 heteroatoms. The fourth-order valence-electron chi connectivity index (χ4n) is 1.77. The molecule has 96 valence electrons. The molecule has 2 nitrogen and oxygen atoms in total. The van der Waals surface area contributed by atoms with Crippen LogP contribution in [0.25, 0.3) is 0 Å². The molecule has 1 unspecified atom stereocenters. The molecule has 1 heterocycles. The van der Waals surface area contributed by atoms with Gasteiger partial charge in [-0.3, -0.25) is 4.79 Å². The van der Waals surface area contributed by atoms with Gasteiger partial charge in [0.1, 0.15) is 11.7 Å². The van der Waals surface area contributed by atoms with Gasteiger partial charge in [0.2, 0.25) is 0 Å². The predicted molar refractivity (Wildman–Crippen MR) is 73.2 cm³/mol. The molecule has 0 fully saturated rings. The van der Waals surface area contributed by atoms with E-state index in [1.165, 1.54) is 23.5 Å². The van der Waals surface area contributed by atoms with Crippen LogP contribution in [0.3, 0.4) is 0 Å². The van der Waals surface area contributed by atoms with Crippen molar-refractivity contribution >= 4 is 28.7 Å². The number of ketones is 1. The topological polar surface area (TPSA) is 40.9 Å². The number of nitrogens with zero attached hydrogens (tertiary/aromatic N) is 1. The Balaban J connectivity index is 2.44. The lowest BCUT2D eigenvalue weighted by Gasteiger charge is -2.10. The summed E-state index contributed by atoms with van der Waals surface area (Å²) >= 11 is 7.31. The number of carbonyl (C=O) groups excluding carboxylic acids is 1. The SMILES string of the molecule is Cc1cscc1C(=O)C(C#N)c1ccc(F)cc1Cl. The fraction of sp³-hybridized carbons (Fsp3) is 0.143. The summed E-state index contributed by atoms with van der Waals surface area (Å²) in [5.41, 5.74) is 1.67. The van der Waals surface area contributed by atoms with Crippen molar-refractivity contribution in [2.45, 2.75) is 12.8 Å². The van der Waals surface area contributed by atoms with E-state index in [1.54, 1.807) is 5.38 Å². The highest BCUT2D eigenvalue weighted by Crippen LogP contribution is 2.29. The smallest absolute Gasteiger partial charge is 0.185 e. The van der Waals surface area contributed by atoms with Gasteiger partial charge in [0.05, 0.1) is 6.07 Å². The molecule has 1 aromatic carbocycles. The summed E-state index contributed by atoms with van der Waals surface area (Å²) in [5.74, 6) is -1.82. The first kappa shape index (κ1) is 13.7. The highest BCUT2D eigenvalue weighted by Gasteiger charge is 2.25. The molecule has 0 aliphatic rings. The molecule has 0 aliphatic heterocycles. The van der Waals surface area contributed by atoms with Gasteiger partial charge < -0.3 is 0 Å². The third-order valence-electron chi connectivity index (χ3n) is 2.79. The molecule has 19 heavy (non-hydrogen) atoms. The first-order valence-corrected chi connectivity index (χ1v) is 6.78. The van der Waals surface area contributed by atoms with Crippen LogP contribution >= 0.6 is 22.9 Å². The minimum Gasteiger partial charge on any atom is -0.292 e. The minimum atomic E-state index is -1.01. The number of rotatable bonds is 3. The molecule has 0 spiro atoms. The number of hydrogen-bond acceptors (Lipinski definition) is 3. The number of aryl methyl sites for hydroxylation is 1. The van der Waals surface area contributed by atoms with E-state index in [1.807, 2.05) is 18.4 Å². The fourth-order valence-corrected chi connectivity index (χ4v) is 2.89. The normalized spacial score (nSPS) is 11.9. The van der Waals surface area contributed by atoms with Crippen LogP contribution in [-0.4, -0.2) is 5.78 Å². The van der Waals surface area contributed by atoms with E-state index in [-0.39, 0.29) is 10.8 Å². The second kappa shape index (κ2) is 5.52. The number of nitriles is 1. The Morgan fingerprint density at radius 1 is 1.47 bits per heavy atom. The third kappa shape index (κ3) is 2.67. The van der Waals surface area contributed by atoms with Crippen molar-refractivity contribution < 1.29 is 9.18 Å². The van der Waals surface area contributed by atoms with Crippen molar-refractivity contribution in [1.29, 1.82) is 5.26 Å². The van der Waals surface area contributed by atoms with Gasteiger partial charge in [-0.15, -0.1) is 0 Å². The van der Waals surface area contributed by atoms with E-state index in [4.69, 9.17) is 11.6 Å². The number of benzene rings is 1. The van der Waals surface area contributed by atoms with E-state index >= 15 is 0 Å². The van der Waals surface area contributed by atoms with Crippen LogP contribution in [0.15, 0.2) is 29.0 Å². The summed E-state index contributed by atoms with van der Waals surface area (Å²) in [4.78, 5) is 12.3. The first-order valence-electron chi connectivity index (χ1n) is 5.46. The summed E-state index contributed by atoms with van der Waals surface area (Å²) in [6.07, 6.45) is 0. The Hall–Kier alpha value is -1.70. The van der Waals surface area contributed by atoms with Crippen LogP contribution in [0, 0.1) is 24.1 Å². The lowest BCUT2D eigenvalue weighted by Crippen LogP contribution is -2.12. The summed E-state index contributed by atoms with van der Waals surface area (Å²) in [6.45, 7) is 1.81. The van der Waals surface area contributed by atoms with Gasteiger partial charge in [-0.1, -0.05) is 17.7 Å². The summed E-state index contributed by atoms with van der Waals surface area (Å²) < 4.78 is 13.0. The third-order valence-corrected chi connectivity index (χ3v) is 3.97. The minimum absolute atomic E-state index is 0.0905. The standard InChI is InChI=1S/C14H9ClFNOS/c1-8-6-19-7-12(8)14(18)11(5-17)10-3-2-9(16)4-13(10)15/h2-4,6-7,11H,1H3. The van der Waals surface area contributed by atoms with Crippen LogP contribution in [0.2, 0.25) is 5.02 Å². The van der Waals surface area contributed by atoms with Crippen LogP contribution in [-0.2, 0) is 0 Å². The Morgan fingerprint density at radius 2 is 2.21 bits per heavy atom. The number of carbonyl (C=O) groups is 1. The van der Waals surface area contributed by atoms with Crippen LogP contribution in [0.5, 0.6) is 0 Å². The largest absolute Gasteiger partial charge is 0.292 e. The van der Waals surface area contributed by atoms with Gasteiger partial charge in [-0.05, 0) is 35.6 Å². The molecule has 2 aromatic rings. The Bertz CT molecular complexity index is 674. The molecule has 0 saturated heterocycles. The average Bonchev–Trinajstić information content (AvgIpc) is 2.78. The first-order chi connectivity index (χ1) is 9.04. The highest BCUT2D eigenvalue weighted by atomic mass is 35.5. The van der Waals surface area contributed by atoms with Crippen LogP contribution < -0.4 is 0 Å². The van der Waals surface area contributed by atoms with Crippen LogP contribution in [0.1, 0.15) is 27.4 Å². The van der Waals surface area contributed by atoms with Gasteiger partial charge in [0.15, 0.2) is 5.78 Å². The van der Waals surface area contributed by atoms with Gasteiger partial charge in [-0.25, -0.2) is 4.39 Å². The van der Waals surface area contributed by atoms with Crippen molar-refractivity contribution in [3.8, 4) is 6.07 Å². The monoisotopic (exact) mass is 293 g/mol. The van der Waals surface area contributed by atoms with Gasteiger partial charge in [0.25, 0.3) is 0 Å². The second-order valence-electron chi connectivity index (χ2n) is 4.06. The van der Waals surface area contributed by atoms with Crippen molar-refractivity contribution in [2.24, 2.45) is 0 Å². The Morgan fingerprint density at radius 3 is 2.74 bits per heavy atom. The molecule has 0 N–H and O–H groups in total. The number of thiophene rings is 1. The maximum Gasteiger partial charge on any atom is 0.185 e. The van der Waals surface area contributed by atoms with E-state index in [9.17, 15) is 14.4 Å². The van der Waals surface area contributed by atoms with Crippen molar-refractivity contribution in [2.75, 3.05) is 0 Å². The predicted octanol–water partition coefficient (Wildman–Crippen LogP) is 4.34. The molecule has 0 aliphatic carbocycles. The van der Waals surface area contributed by atoms with Gasteiger partial charge in [0, 0.05) is 16.0 Å². The number of halogens is 2. The van der Waals surface area contributed by atoms with E-state index < -0.39 is 11.7 Å². The van der Waals surface area contributed by atoms with Crippen LogP contribution in [0.4, 0.5) is 4.39 Å². The molecule has 0 saturated carbocycles. The number of hydrogen-bond donors (Lipinski definition) is 0. The zero-order valence-electron chi connectivity index (χ0n) is 9.98. The van der Waals surface area contributed by atoms with Gasteiger partial charge >= 0.3 is 0 Å². The molecule has 1 atom stereocenters. The molecular weight excluding hydrogens is 285 g/mol. The summed E-state index contributed by atoms with van der Waals surface area (Å²) in [7, 11) is 0. The zero-order chi connectivity index (χ0) is 14.0. The lowest BCUT2D eigenvalue weighted by atomic mass is 9.91. The van der Waals surface area contributed by atoms with E-state index in [0.717, 1.165) is 11.6 Å². The van der Waals surface area contributed by atoms with E-state index in [2.05, 4.69) is 0 Å². The summed E-state index contributed by atoms with van der Waals surface area (Å²) in [6, 6.07) is 5.62. The molecular formula is C14H9ClFNOS. The maximum absolute atomic E-state index is 13.0. The molecule has 2 rings (SSSR count). The molecule has 0 amide bonds. The molecule has 1 aromatic heterocycles. The molecule has 0 radical (unpaired) electrons. The van der Waals surface area contributed by atoms with E-state index in [0.29, 0.717) is 11.1 Å². The van der Waals surface area contributed by atoms with Crippen molar-refractivity contribution in [3.05, 3.63) is 56.5 Å². The quantitative estimate of drug-likeness (QED) is 0.790. The van der Waals surface area contributed by atoms with Crippen molar-refractivity contribution in [1.82, 2.24) is 0 Å². The highest BCUT2D eigenvalue weighted by molar-refractivity contribution is 7.08. The maximum atomic E-state index is 13.0. The van der Waals surface area contributed by atoms with Gasteiger partial charge in [-0.2, -0.15) is 16.6 Å². The number of Topliss-reactive ketones (excluding diaryl/α,β-unsaturated/α-hetero) is 1. The molecule has 0 bridgehead atoms. The van der Waals surface area contributed by atoms with Crippen molar-refractivity contribution in [3.63, 3.8) is 0 Å². The second-order valence-corrected chi connectivity index (χ2v) is 5.21. The Labute approximate surface area is 119 Å². The summed E-state index contributed by atoms with van der Waals surface area (Å²) in [5, 5.41) is 12.9. The average molecular weight is 294 g/mol. The lowest BCUT2D eigenvalue weighted by molar-refractivity contribution is 0.0978. The Kier molecular flexibility index (Phi) is 3.98. The zero-order valence-corrected chi connectivity index (χ0v) is 11.6.